The molecule has 0 saturated heterocycles. The molecule has 0 saturated carbocycles. The first-order chi connectivity index (χ1) is 8.24. The predicted octanol–water partition coefficient (Wildman–Crippen LogP) is 3.51. The van der Waals surface area contributed by atoms with Crippen LogP contribution in [0.5, 0.6) is 0 Å². The molecule has 2 nitrogen and oxygen atoms in total. The number of fused-ring (bicyclic) bond motifs is 3. The standard InChI is InChI=1S/C15H12N2/c1-10-5-3-7-12-13-8-4-6-11(9-16)15(13)17(2)14(10)12/h3-8H,1-2H3. The van der Waals surface area contributed by atoms with Gasteiger partial charge in [0, 0.05) is 17.8 Å². The van der Waals surface area contributed by atoms with Crippen LogP contribution in [0.4, 0.5) is 0 Å². The number of aromatic nitrogens is 1. The Morgan fingerprint density at radius 2 is 1.65 bits per heavy atom. The molecule has 1 aromatic heterocycles. The van der Waals surface area contributed by atoms with Crippen molar-refractivity contribution in [2.24, 2.45) is 7.05 Å². The molecule has 3 aromatic rings. The lowest BCUT2D eigenvalue weighted by Crippen LogP contribution is -1.91. The molecule has 3 rings (SSSR count). The van der Waals surface area contributed by atoms with E-state index in [4.69, 9.17) is 0 Å². The first kappa shape index (κ1) is 9.92. The van der Waals surface area contributed by atoms with Crippen LogP contribution in [0.3, 0.4) is 0 Å². The predicted molar refractivity (Wildman–Crippen MR) is 69.9 cm³/mol. The third-order valence-corrected chi connectivity index (χ3v) is 3.36. The number of para-hydroxylation sites is 2. The van der Waals surface area contributed by atoms with E-state index in [1.54, 1.807) is 0 Å². The molecule has 82 valence electrons. The van der Waals surface area contributed by atoms with Crippen molar-refractivity contribution >= 4 is 21.8 Å². The second-order valence-corrected chi connectivity index (χ2v) is 4.34. The minimum atomic E-state index is 0.737. The van der Waals surface area contributed by atoms with Gasteiger partial charge in [-0.05, 0) is 18.6 Å². The van der Waals surface area contributed by atoms with E-state index in [2.05, 4.69) is 41.8 Å². The minimum absolute atomic E-state index is 0.737. The van der Waals surface area contributed by atoms with Crippen molar-refractivity contribution in [1.29, 1.82) is 5.26 Å². The molecule has 0 unspecified atom stereocenters. The van der Waals surface area contributed by atoms with E-state index in [9.17, 15) is 5.26 Å². The second-order valence-electron chi connectivity index (χ2n) is 4.34. The number of nitriles is 1. The fourth-order valence-electron chi connectivity index (χ4n) is 2.65. The molecule has 0 spiro atoms. The zero-order chi connectivity index (χ0) is 12.0. The van der Waals surface area contributed by atoms with Crippen molar-refractivity contribution < 1.29 is 0 Å². The fraction of sp³-hybridized carbons (Fsp3) is 0.133. The third kappa shape index (κ3) is 1.20. The third-order valence-electron chi connectivity index (χ3n) is 3.36. The second kappa shape index (κ2) is 3.36. The summed E-state index contributed by atoms with van der Waals surface area (Å²) < 4.78 is 2.12. The monoisotopic (exact) mass is 220 g/mol. The summed E-state index contributed by atoms with van der Waals surface area (Å²) in [6.45, 7) is 2.10. The highest BCUT2D eigenvalue weighted by Gasteiger charge is 2.12. The van der Waals surface area contributed by atoms with E-state index in [-0.39, 0.29) is 0 Å². The summed E-state index contributed by atoms with van der Waals surface area (Å²) in [5.41, 5.74) is 4.22. The van der Waals surface area contributed by atoms with Gasteiger partial charge in [0.1, 0.15) is 6.07 Å². The molecule has 1 heterocycles. The van der Waals surface area contributed by atoms with Gasteiger partial charge in [-0.15, -0.1) is 0 Å². The molecule has 0 fully saturated rings. The highest BCUT2D eigenvalue weighted by atomic mass is 14.9. The Morgan fingerprint density at radius 3 is 2.35 bits per heavy atom. The van der Waals surface area contributed by atoms with Crippen LogP contribution in [-0.2, 0) is 7.05 Å². The van der Waals surface area contributed by atoms with E-state index >= 15 is 0 Å². The highest BCUT2D eigenvalue weighted by Crippen LogP contribution is 2.31. The fourth-order valence-corrected chi connectivity index (χ4v) is 2.65. The summed E-state index contributed by atoms with van der Waals surface area (Å²) in [5.74, 6) is 0. The number of rotatable bonds is 0. The average molecular weight is 220 g/mol. The maximum Gasteiger partial charge on any atom is 0.101 e. The molecule has 2 heteroatoms. The van der Waals surface area contributed by atoms with Crippen LogP contribution in [0.15, 0.2) is 36.4 Å². The SMILES string of the molecule is Cc1cccc2c3cccc(C#N)c3n(C)c12. The molecule has 17 heavy (non-hydrogen) atoms. The lowest BCUT2D eigenvalue weighted by atomic mass is 10.1. The summed E-state index contributed by atoms with van der Waals surface area (Å²) in [6, 6.07) is 14.5. The molecule has 0 aliphatic heterocycles. The number of hydrogen-bond donors (Lipinski definition) is 0. The van der Waals surface area contributed by atoms with E-state index in [1.165, 1.54) is 16.5 Å². The van der Waals surface area contributed by atoms with Gasteiger partial charge in [-0.3, -0.25) is 0 Å². The van der Waals surface area contributed by atoms with Crippen molar-refractivity contribution in [2.75, 3.05) is 0 Å². The van der Waals surface area contributed by atoms with Gasteiger partial charge in [-0.1, -0.05) is 30.3 Å². The van der Waals surface area contributed by atoms with Crippen LogP contribution in [0, 0.1) is 18.3 Å². The van der Waals surface area contributed by atoms with Gasteiger partial charge in [0.2, 0.25) is 0 Å². The lowest BCUT2D eigenvalue weighted by molar-refractivity contribution is 1.01. The molecular weight excluding hydrogens is 208 g/mol. The zero-order valence-electron chi connectivity index (χ0n) is 9.86. The number of hydrogen-bond acceptors (Lipinski definition) is 1. The zero-order valence-corrected chi connectivity index (χ0v) is 9.86. The van der Waals surface area contributed by atoms with Gasteiger partial charge in [0.05, 0.1) is 16.6 Å². The first-order valence-electron chi connectivity index (χ1n) is 5.61. The van der Waals surface area contributed by atoms with Gasteiger partial charge in [-0.2, -0.15) is 5.26 Å². The van der Waals surface area contributed by atoms with E-state index in [0.29, 0.717) is 0 Å². The van der Waals surface area contributed by atoms with Crippen LogP contribution in [0.2, 0.25) is 0 Å². The van der Waals surface area contributed by atoms with Crippen molar-refractivity contribution in [1.82, 2.24) is 4.57 Å². The Labute approximate surface area is 99.7 Å². The molecule has 0 amide bonds. The minimum Gasteiger partial charge on any atom is -0.342 e. The van der Waals surface area contributed by atoms with Crippen LogP contribution in [-0.4, -0.2) is 4.57 Å². The number of aryl methyl sites for hydroxylation is 2. The van der Waals surface area contributed by atoms with Crippen molar-refractivity contribution in [3.8, 4) is 6.07 Å². The molecule has 0 bridgehead atoms. The van der Waals surface area contributed by atoms with Crippen molar-refractivity contribution in [3.05, 3.63) is 47.5 Å². The largest absolute Gasteiger partial charge is 0.342 e. The Morgan fingerprint density at radius 1 is 1.00 bits per heavy atom. The topological polar surface area (TPSA) is 28.7 Å². The quantitative estimate of drug-likeness (QED) is 0.570. The van der Waals surface area contributed by atoms with E-state index < -0.39 is 0 Å². The summed E-state index contributed by atoms with van der Waals surface area (Å²) in [7, 11) is 2.03. The summed E-state index contributed by atoms with van der Waals surface area (Å²) in [5, 5.41) is 11.6. The molecule has 0 aliphatic rings. The van der Waals surface area contributed by atoms with Crippen LogP contribution >= 0.6 is 0 Å². The van der Waals surface area contributed by atoms with Gasteiger partial charge < -0.3 is 4.57 Å². The Hall–Kier alpha value is -2.27. The van der Waals surface area contributed by atoms with E-state index in [0.717, 1.165) is 16.5 Å². The first-order valence-corrected chi connectivity index (χ1v) is 5.61. The maximum atomic E-state index is 9.19. The molecular formula is C15H12N2. The smallest absolute Gasteiger partial charge is 0.101 e. The molecule has 0 radical (unpaired) electrons. The Kier molecular flexibility index (Phi) is 1.96. The number of benzene rings is 2. The summed E-state index contributed by atoms with van der Waals surface area (Å²) in [4.78, 5) is 0. The van der Waals surface area contributed by atoms with Gasteiger partial charge in [0.15, 0.2) is 0 Å². The van der Waals surface area contributed by atoms with Crippen molar-refractivity contribution in [3.63, 3.8) is 0 Å². The Balaban J connectivity index is 2.69. The molecule has 0 atom stereocenters. The van der Waals surface area contributed by atoms with Gasteiger partial charge >= 0.3 is 0 Å². The van der Waals surface area contributed by atoms with E-state index in [1.807, 2.05) is 19.2 Å². The Bertz CT molecular complexity index is 773. The van der Waals surface area contributed by atoms with Gasteiger partial charge in [0.25, 0.3) is 0 Å². The normalized spacial score (nSPS) is 10.9. The lowest BCUT2D eigenvalue weighted by Gasteiger charge is -2.01. The van der Waals surface area contributed by atoms with Crippen LogP contribution < -0.4 is 0 Å². The molecule has 2 aromatic carbocycles. The van der Waals surface area contributed by atoms with Crippen LogP contribution in [0.1, 0.15) is 11.1 Å². The molecule has 0 N–H and O–H groups in total. The number of nitrogens with zero attached hydrogens (tertiary/aromatic N) is 2. The maximum absolute atomic E-state index is 9.19. The molecule has 0 aliphatic carbocycles. The summed E-state index contributed by atoms with van der Waals surface area (Å²) in [6.07, 6.45) is 0. The average Bonchev–Trinajstić information content (AvgIpc) is 2.65. The van der Waals surface area contributed by atoms with Crippen LogP contribution in [0.25, 0.3) is 21.8 Å². The van der Waals surface area contributed by atoms with Gasteiger partial charge in [-0.25, -0.2) is 0 Å². The summed E-state index contributed by atoms with van der Waals surface area (Å²) >= 11 is 0. The highest BCUT2D eigenvalue weighted by molar-refractivity contribution is 6.10. The van der Waals surface area contributed by atoms with Crippen molar-refractivity contribution in [2.45, 2.75) is 6.92 Å².